The van der Waals surface area contributed by atoms with Crippen LogP contribution in [0, 0.1) is 0 Å². The van der Waals surface area contributed by atoms with Gasteiger partial charge in [0.05, 0.1) is 119 Å². The number of unbranched alkanes of at least 4 members (excludes halogenated alkanes) is 5. The van der Waals surface area contributed by atoms with Gasteiger partial charge in [0.1, 0.15) is 0 Å². The van der Waals surface area contributed by atoms with E-state index in [4.69, 9.17) is 47.1 Å². The van der Waals surface area contributed by atoms with Crippen molar-refractivity contribution in [2.45, 2.75) is 71.3 Å². The summed E-state index contributed by atoms with van der Waals surface area (Å²) in [6, 6.07) is 21.3. The summed E-state index contributed by atoms with van der Waals surface area (Å²) in [5, 5.41) is 2.49. The van der Waals surface area contributed by atoms with Crippen LogP contribution in [0.15, 0.2) is 60.7 Å². The average Bonchev–Trinajstić information content (AvgIpc) is 3.16. The molecule has 0 aliphatic heterocycles. The molecule has 0 atom stereocenters. The molecule has 2 rings (SSSR count). The van der Waals surface area contributed by atoms with E-state index in [0.717, 1.165) is 13.0 Å². The lowest BCUT2D eigenvalue weighted by molar-refractivity contribution is -0.0254. The van der Waals surface area contributed by atoms with Crippen molar-refractivity contribution in [3.8, 4) is 0 Å². The summed E-state index contributed by atoms with van der Waals surface area (Å²) >= 11 is 0. The van der Waals surface area contributed by atoms with Crippen LogP contribution in [0.2, 0.25) is 5.04 Å². The van der Waals surface area contributed by atoms with Crippen molar-refractivity contribution >= 4 is 18.7 Å². The molecule has 11 heteroatoms. The first kappa shape index (κ1) is 47.4. The Bertz CT molecular complexity index is 1020. The Morgan fingerprint density at radius 3 is 0.962 bits per heavy atom. The van der Waals surface area contributed by atoms with Gasteiger partial charge < -0.3 is 47.1 Å². The summed E-state index contributed by atoms with van der Waals surface area (Å²) in [5.41, 5.74) is 0. The van der Waals surface area contributed by atoms with Crippen molar-refractivity contribution in [2.24, 2.45) is 0 Å². The summed E-state index contributed by atoms with van der Waals surface area (Å²) in [7, 11) is -2.53. The molecule has 0 bridgehead atoms. The van der Waals surface area contributed by atoms with Crippen LogP contribution in [-0.4, -0.2) is 134 Å². The van der Waals surface area contributed by atoms with E-state index >= 15 is 0 Å². The summed E-state index contributed by atoms with van der Waals surface area (Å²) in [6.45, 7) is 19.6. The Morgan fingerprint density at radius 1 is 0.358 bits per heavy atom. The lowest BCUT2D eigenvalue weighted by Crippen LogP contribution is -2.66. The fourth-order valence-electron chi connectivity index (χ4n) is 5.86. The molecule has 53 heavy (non-hydrogen) atoms. The first-order valence-corrected chi connectivity index (χ1v) is 21.9. The molecule has 0 aliphatic carbocycles. The smallest absolute Gasteiger partial charge is 0.261 e. The minimum atomic E-state index is -2.53. The van der Waals surface area contributed by atoms with Gasteiger partial charge >= 0.3 is 0 Å². The minimum Gasteiger partial charge on any atom is -0.405 e. The predicted molar refractivity (Wildman–Crippen MR) is 214 cm³/mol. The van der Waals surface area contributed by atoms with Crippen LogP contribution in [0.4, 0.5) is 0 Å². The second-order valence-electron chi connectivity index (χ2n) is 13.8. The molecule has 0 aromatic heterocycles. The van der Waals surface area contributed by atoms with E-state index in [2.05, 4.69) is 88.4 Å². The Balaban J connectivity index is 1.31. The van der Waals surface area contributed by atoms with E-state index in [9.17, 15) is 0 Å². The number of ether oxygens (including phenoxy) is 9. The Labute approximate surface area is 322 Å². The third-order valence-corrected chi connectivity index (χ3v) is 13.6. The summed E-state index contributed by atoms with van der Waals surface area (Å²) in [4.78, 5) is 0. The van der Waals surface area contributed by atoms with Crippen LogP contribution in [0.5, 0.6) is 0 Å². The van der Waals surface area contributed by atoms with Crippen LogP contribution < -0.4 is 10.4 Å². The normalized spacial score (nSPS) is 12.2. The van der Waals surface area contributed by atoms with E-state index in [1.54, 1.807) is 0 Å². The van der Waals surface area contributed by atoms with Crippen molar-refractivity contribution < 1.29 is 47.1 Å². The van der Waals surface area contributed by atoms with Gasteiger partial charge in [-0.15, -0.1) is 0 Å². The molecule has 0 radical (unpaired) electrons. The second kappa shape index (κ2) is 32.5. The fourth-order valence-corrected chi connectivity index (χ4v) is 10.4. The highest BCUT2D eigenvalue weighted by Crippen LogP contribution is 2.36. The quantitative estimate of drug-likeness (QED) is 0.0597. The summed E-state index contributed by atoms with van der Waals surface area (Å²) < 4.78 is 57.2. The van der Waals surface area contributed by atoms with Gasteiger partial charge in [0.15, 0.2) is 0 Å². The third-order valence-electron chi connectivity index (χ3n) is 8.58. The molecule has 304 valence electrons. The molecule has 0 aliphatic rings. The maximum Gasteiger partial charge on any atom is 0.261 e. The minimum absolute atomic E-state index is 0.0523. The lowest BCUT2D eigenvalue weighted by Gasteiger charge is -2.43. The Morgan fingerprint density at radius 2 is 0.642 bits per heavy atom. The largest absolute Gasteiger partial charge is 0.405 e. The number of hydrogen-bond donors (Lipinski definition) is 0. The predicted octanol–water partition coefficient (Wildman–Crippen LogP) is 6.07. The molecule has 0 spiro atoms. The molecule has 0 N–H and O–H groups in total. The summed E-state index contributed by atoms with van der Waals surface area (Å²) in [5.74, 6) is 0. The molecule has 0 saturated heterocycles. The van der Waals surface area contributed by atoms with Crippen LogP contribution in [0.3, 0.4) is 0 Å². The van der Waals surface area contributed by atoms with Gasteiger partial charge in [-0.25, -0.2) is 0 Å². The van der Waals surface area contributed by atoms with E-state index in [1.165, 1.54) is 42.5 Å². The first-order valence-electron chi connectivity index (χ1n) is 20.0. The standard InChI is InChI=1S/C42H72O10Si/c1-5-6-7-8-9-16-21-43-22-23-44-24-25-45-26-27-46-28-29-47-30-31-48-32-33-49-34-35-50-36-37-51-38-39-52-53(42(2,3)4,40-17-12-10-13-18-40)41-19-14-11-15-20-41/h10-15,17-20H,5-9,16,21-39H2,1-4H3. The number of rotatable bonds is 37. The molecule has 0 fully saturated rings. The number of benzene rings is 2. The highest BCUT2D eigenvalue weighted by molar-refractivity contribution is 6.99. The van der Waals surface area contributed by atoms with Gasteiger partial charge in [-0.05, 0) is 21.8 Å². The van der Waals surface area contributed by atoms with Gasteiger partial charge in [-0.2, -0.15) is 0 Å². The van der Waals surface area contributed by atoms with Crippen LogP contribution in [-0.2, 0) is 47.1 Å². The molecule has 0 saturated carbocycles. The first-order chi connectivity index (χ1) is 26.0. The second-order valence-corrected chi connectivity index (χ2v) is 18.1. The Kier molecular flexibility index (Phi) is 29.1. The van der Waals surface area contributed by atoms with Gasteiger partial charge in [0.2, 0.25) is 0 Å². The maximum atomic E-state index is 6.85. The Hall–Kier alpha value is -1.74. The molecule has 2 aromatic rings. The summed E-state index contributed by atoms with van der Waals surface area (Å²) in [6.07, 6.45) is 7.68. The van der Waals surface area contributed by atoms with E-state index in [0.29, 0.717) is 119 Å². The highest BCUT2D eigenvalue weighted by atomic mass is 28.4. The van der Waals surface area contributed by atoms with Crippen molar-refractivity contribution in [1.82, 2.24) is 0 Å². The zero-order valence-corrected chi connectivity index (χ0v) is 34.5. The third kappa shape index (κ3) is 22.4. The molecule has 0 unspecified atom stereocenters. The SMILES string of the molecule is CCCCCCCCOCCOCCOCCOCCOCCOCCOCCOCCOCCO[Si](c1ccccc1)(c1ccccc1)C(C)(C)C. The van der Waals surface area contributed by atoms with Crippen molar-refractivity contribution in [3.05, 3.63) is 60.7 Å². The zero-order chi connectivity index (χ0) is 38.0. The average molecular weight is 765 g/mol. The van der Waals surface area contributed by atoms with Crippen molar-refractivity contribution in [1.29, 1.82) is 0 Å². The maximum absolute atomic E-state index is 6.85. The zero-order valence-electron chi connectivity index (χ0n) is 33.5. The molecular formula is C42H72O10Si. The van der Waals surface area contributed by atoms with E-state index < -0.39 is 8.32 Å². The molecule has 0 amide bonds. The molecule has 0 heterocycles. The van der Waals surface area contributed by atoms with Crippen LogP contribution >= 0.6 is 0 Å². The number of hydrogen-bond acceptors (Lipinski definition) is 10. The van der Waals surface area contributed by atoms with Crippen molar-refractivity contribution in [3.63, 3.8) is 0 Å². The highest BCUT2D eigenvalue weighted by Gasteiger charge is 2.50. The fraction of sp³-hybridized carbons (Fsp3) is 0.714. The van der Waals surface area contributed by atoms with Gasteiger partial charge in [0.25, 0.3) is 8.32 Å². The van der Waals surface area contributed by atoms with Gasteiger partial charge in [-0.1, -0.05) is 120 Å². The molecule has 2 aromatic carbocycles. The van der Waals surface area contributed by atoms with Crippen molar-refractivity contribution in [2.75, 3.05) is 126 Å². The van der Waals surface area contributed by atoms with E-state index in [-0.39, 0.29) is 5.04 Å². The molecule has 10 nitrogen and oxygen atoms in total. The molecular weight excluding hydrogens is 693 g/mol. The van der Waals surface area contributed by atoms with Crippen LogP contribution in [0.1, 0.15) is 66.2 Å². The van der Waals surface area contributed by atoms with Crippen LogP contribution in [0.25, 0.3) is 0 Å². The topological polar surface area (TPSA) is 92.3 Å². The van der Waals surface area contributed by atoms with E-state index in [1.807, 2.05) is 0 Å². The van der Waals surface area contributed by atoms with Gasteiger partial charge in [-0.3, -0.25) is 0 Å². The monoisotopic (exact) mass is 764 g/mol. The van der Waals surface area contributed by atoms with Gasteiger partial charge in [0, 0.05) is 6.61 Å². The lowest BCUT2D eigenvalue weighted by atomic mass is 10.1.